The summed E-state index contributed by atoms with van der Waals surface area (Å²) in [5.74, 6) is 2.12. The van der Waals surface area contributed by atoms with Crippen LogP contribution in [0.3, 0.4) is 0 Å². The number of carbonyl (C=O) groups is 1. The average Bonchev–Trinajstić information content (AvgIpc) is 3.11. The van der Waals surface area contributed by atoms with Crippen molar-refractivity contribution in [2.24, 2.45) is 5.41 Å². The molecule has 0 heterocycles. The van der Waals surface area contributed by atoms with Crippen molar-refractivity contribution < 1.29 is 14.6 Å². The molecule has 1 aromatic carbocycles. The highest BCUT2D eigenvalue weighted by Crippen LogP contribution is 2.51. The van der Waals surface area contributed by atoms with Crippen molar-refractivity contribution in [2.75, 3.05) is 12.9 Å². The first-order valence-corrected chi connectivity index (χ1v) is 7.21. The molecule has 1 aliphatic carbocycles. The van der Waals surface area contributed by atoms with Crippen molar-refractivity contribution in [3.63, 3.8) is 0 Å². The first-order chi connectivity index (χ1) is 8.63. The van der Waals surface area contributed by atoms with Gasteiger partial charge in [0.15, 0.2) is 0 Å². The SMILES string of the molecule is COC(=O)CC1(CSCc2ccc(O)cc2)CC1. The number of thioether (sulfide) groups is 1. The third kappa shape index (κ3) is 3.67. The molecule has 4 heteroatoms. The van der Waals surface area contributed by atoms with E-state index in [0.717, 1.165) is 24.3 Å². The number of ether oxygens (including phenoxy) is 1. The minimum atomic E-state index is -0.0993. The summed E-state index contributed by atoms with van der Waals surface area (Å²) in [6, 6.07) is 7.28. The molecule has 1 N–H and O–H groups in total. The van der Waals surface area contributed by atoms with Gasteiger partial charge in [-0.15, -0.1) is 0 Å². The number of benzene rings is 1. The summed E-state index contributed by atoms with van der Waals surface area (Å²) in [5.41, 5.74) is 1.39. The lowest BCUT2D eigenvalue weighted by molar-refractivity contribution is -0.141. The van der Waals surface area contributed by atoms with E-state index in [1.807, 2.05) is 23.9 Å². The normalized spacial score (nSPS) is 16.3. The van der Waals surface area contributed by atoms with Crippen LogP contribution in [0.4, 0.5) is 0 Å². The summed E-state index contributed by atoms with van der Waals surface area (Å²) in [4.78, 5) is 11.3. The number of phenolic OH excluding ortho intramolecular Hbond substituents is 1. The number of aromatic hydroxyl groups is 1. The van der Waals surface area contributed by atoms with Crippen molar-refractivity contribution in [3.05, 3.63) is 29.8 Å². The molecule has 0 atom stereocenters. The predicted molar refractivity (Wildman–Crippen MR) is 72.6 cm³/mol. The van der Waals surface area contributed by atoms with Crippen LogP contribution in [0.1, 0.15) is 24.8 Å². The van der Waals surface area contributed by atoms with Crippen LogP contribution in [-0.2, 0) is 15.3 Å². The number of hydrogen-bond donors (Lipinski definition) is 1. The second-order valence-electron chi connectivity index (χ2n) is 4.91. The Morgan fingerprint density at radius 2 is 2.06 bits per heavy atom. The molecule has 2 rings (SSSR count). The molecule has 0 amide bonds. The van der Waals surface area contributed by atoms with Gasteiger partial charge in [-0.05, 0) is 41.7 Å². The summed E-state index contributed by atoms with van der Waals surface area (Å²) in [5, 5.41) is 9.19. The Hall–Kier alpha value is -1.16. The highest BCUT2D eigenvalue weighted by molar-refractivity contribution is 7.98. The van der Waals surface area contributed by atoms with Crippen LogP contribution in [0, 0.1) is 5.41 Å². The molecular weight excluding hydrogens is 248 g/mol. The summed E-state index contributed by atoms with van der Waals surface area (Å²) in [7, 11) is 1.45. The van der Waals surface area contributed by atoms with Gasteiger partial charge in [0.2, 0.25) is 0 Å². The monoisotopic (exact) mass is 266 g/mol. The van der Waals surface area contributed by atoms with Gasteiger partial charge in [-0.25, -0.2) is 0 Å². The maximum atomic E-state index is 11.3. The third-order valence-electron chi connectivity index (χ3n) is 3.32. The molecule has 1 saturated carbocycles. The Labute approximate surface area is 112 Å². The predicted octanol–water partition coefficient (Wildman–Crippen LogP) is 2.97. The standard InChI is InChI=1S/C14H18O3S/c1-17-13(16)8-14(6-7-14)10-18-9-11-2-4-12(15)5-3-11/h2-5,15H,6-10H2,1H3. The summed E-state index contributed by atoms with van der Waals surface area (Å²) < 4.78 is 4.73. The minimum absolute atomic E-state index is 0.0993. The fourth-order valence-corrected chi connectivity index (χ4v) is 3.26. The summed E-state index contributed by atoms with van der Waals surface area (Å²) >= 11 is 1.84. The van der Waals surface area contributed by atoms with Gasteiger partial charge in [-0.2, -0.15) is 11.8 Å². The molecule has 0 aliphatic heterocycles. The quantitative estimate of drug-likeness (QED) is 0.804. The van der Waals surface area contributed by atoms with Gasteiger partial charge in [-0.1, -0.05) is 12.1 Å². The molecule has 0 bridgehead atoms. The molecule has 1 aliphatic rings. The van der Waals surface area contributed by atoms with E-state index >= 15 is 0 Å². The number of methoxy groups -OCH3 is 1. The number of esters is 1. The van der Waals surface area contributed by atoms with E-state index in [9.17, 15) is 9.90 Å². The van der Waals surface area contributed by atoms with Crippen molar-refractivity contribution in [3.8, 4) is 5.75 Å². The van der Waals surface area contributed by atoms with Crippen LogP contribution >= 0.6 is 11.8 Å². The number of rotatable bonds is 6. The van der Waals surface area contributed by atoms with Gasteiger partial charge >= 0.3 is 5.97 Å². The molecule has 0 saturated heterocycles. The van der Waals surface area contributed by atoms with E-state index < -0.39 is 0 Å². The molecule has 98 valence electrons. The highest BCUT2D eigenvalue weighted by Gasteiger charge is 2.44. The van der Waals surface area contributed by atoms with E-state index in [1.54, 1.807) is 12.1 Å². The van der Waals surface area contributed by atoms with Gasteiger partial charge < -0.3 is 9.84 Å². The molecule has 0 aromatic heterocycles. The number of phenols is 1. The molecule has 18 heavy (non-hydrogen) atoms. The van der Waals surface area contributed by atoms with Crippen LogP contribution in [0.15, 0.2) is 24.3 Å². The molecule has 0 unspecified atom stereocenters. The first-order valence-electron chi connectivity index (χ1n) is 6.06. The molecule has 3 nitrogen and oxygen atoms in total. The van der Waals surface area contributed by atoms with Crippen LogP contribution in [0.5, 0.6) is 5.75 Å². The third-order valence-corrected chi connectivity index (χ3v) is 4.67. The molecular formula is C14H18O3S. The fourth-order valence-electron chi connectivity index (χ4n) is 1.90. The molecule has 0 spiro atoms. The van der Waals surface area contributed by atoms with Crippen LogP contribution < -0.4 is 0 Å². The highest BCUT2D eigenvalue weighted by atomic mass is 32.2. The lowest BCUT2D eigenvalue weighted by Gasteiger charge is -2.12. The Morgan fingerprint density at radius 1 is 1.39 bits per heavy atom. The Balaban J connectivity index is 1.75. The number of carbonyl (C=O) groups excluding carboxylic acids is 1. The van der Waals surface area contributed by atoms with E-state index in [1.165, 1.54) is 12.7 Å². The van der Waals surface area contributed by atoms with Crippen molar-refractivity contribution in [1.29, 1.82) is 0 Å². The van der Waals surface area contributed by atoms with E-state index in [2.05, 4.69) is 0 Å². The van der Waals surface area contributed by atoms with Crippen molar-refractivity contribution >= 4 is 17.7 Å². The van der Waals surface area contributed by atoms with Gasteiger partial charge in [0.1, 0.15) is 5.75 Å². The minimum Gasteiger partial charge on any atom is -0.508 e. The van der Waals surface area contributed by atoms with E-state index in [4.69, 9.17) is 4.74 Å². The Morgan fingerprint density at radius 3 is 2.61 bits per heavy atom. The van der Waals surface area contributed by atoms with Gasteiger partial charge in [0.05, 0.1) is 13.5 Å². The van der Waals surface area contributed by atoms with Crippen LogP contribution in [0.2, 0.25) is 0 Å². The number of hydrogen-bond acceptors (Lipinski definition) is 4. The second kappa shape index (κ2) is 5.65. The maximum absolute atomic E-state index is 11.3. The summed E-state index contributed by atoms with van der Waals surface area (Å²) in [6.45, 7) is 0. The van der Waals surface area contributed by atoms with Crippen molar-refractivity contribution in [2.45, 2.75) is 25.0 Å². The largest absolute Gasteiger partial charge is 0.508 e. The van der Waals surface area contributed by atoms with E-state index in [-0.39, 0.29) is 11.4 Å². The molecule has 0 radical (unpaired) electrons. The van der Waals surface area contributed by atoms with E-state index in [0.29, 0.717) is 12.2 Å². The van der Waals surface area contributed by atoms with Gasteiger partial charge in [0.25, 0.3) is 0 Å². The molecule has 1 aromatic rings. The second-order valence-corrected chi connectivity index (χ2v) is 5.90. The van der Waals surface area contributed by atoms with Gasteiger partial charge in [0, 0.05) is 5.75 Å². The lowest BCUT2D eigenvalue weighted by atomic mass is 10.1. The Bertz CT molecular complexity index is 410. The fraction of sp³-hybridized carbons (Fsp3) is 0.500. The average molecular weight is 266 g/mol. The summed E-state index contributed by atoms with van der Waals surface area (Å²) in [6.07, 6.45) is 2.81. The zero-order chi connectivity index (χ0) is 13.0. The van der Waals surface area contributed by atoms with Gasteiger partial charge in [-0.3, -0.25) is 4.79 Å². The first kappa shape index (κ1) is 13.3. The van der Waals surface area contributed by atoms with Crippen LogP contribution in [0.25, 0.3) is 0 Å². The zero-order valence-corrected chi connectivity index (χ0v) is 11.3. The molecule has 1 fully saturated rings. The van der Waals surface area contributed by atoms with Crippen LogP contribution in [-0.4, -0.2) is 23.9 Å². The smallest absolute Gasteiger partial charge is 0.306 e. The zero-order valence-electron chi connectivity index (χ0n) is 10.5. The van der Waals surface area contributed by atoms with Crippen molar-refractivity contribution in [1.82, 2.24) is 0 Å². The topological polar surface area (TPSA) is 46.5 Å². The lowest BCUT2D eigenvalue weighted by Crippen LogP contribution is -2.13. The maximum Gasteiger partial charge on any atom is 0.306 e. The Kier molecular flexibility index (Phi) is 4.17.